The van der Waals surface area contributed by atoms with E-state index in [1.165, 1.54) is 75.5 Å². The Morgan fingerprint density at radius 3 is 1.93 bits per heavy atom. The van der Waals surface area contributed by atoms with Crippen molar-refractivity contribution >= 4 is 82.1 Å². The van der Waals surface area contributed by atoms with Crippen LogP contribution in [0.2, 0.25) is 10.0 Å². The molecule has 3 saturated heterocycles. The number of hydrogen-bond acceptors (Lipinski definition) is 33. The van der Waals surface area contributed by atoms with E-state index in [0.717, 1.165) is 71.6 Å². The van der Waals surface area contributed by atoms with Gasteiger partial charge in [0.05, 0.1) is 60.6 Å². The number of rotatable bonds is 25. The van der Waals surface area contributed by atoms with Crippen LogP contribution in [-0.4, -0.2) is 287 Å². The zero-order chi connectivity index (χ0) is 100. The summed E-state index contributed by atoms with van der Waals surface area (Å²) in [5, 5.41) is 174. The van der Waals surface area contributed by atoms with E-state index in [2.05, 4.69) is 52.6 Å². The van der Waals surface area contributed by atoms with Crippen LogP contribution in [0.3, 0.4) is 0 Å². The van der Waals surface area contributed by atoms with Crippen LogP contribution in [0.4, 0.5) is 18.9 Å². The van der Waals surface area contributed by atoms with Gasteiger partial charge < -0.3 is 168 Å². The minimum absolute atomic E-state index is 0.0580. The van der Waals surface area contributed by atoms with E-state index in [4.69, 9.17) is 67.8 Å². The molecular formula is C91H105Cl2F3N12O30. The summed E-state index contributed by atoms with van der Waals surface area (Å²) >= 11 is 14.7. The number of hydrogen-bond donors (Lipinski definition) is 24. The fraction of sp³-hybridized carbons (Fsp3) is 0.440. The lowest BCUT2D eigenvalue weighted by molar-refractivity contribution is -0.350. The molecule has 7 aromatic carbocycles. The van der Waals surface area contributed by atoms with Gasteiger partial charge in [-0.1, -0.05) is 73.4 Å². The molecule has 3 fully saturated rings. The molecule has 0 saturated carbocycles. The molecule has 2 unspecified atom stereocenters. The number of nitrogens with zero attached hydrogens (tertiary/aromatic N) is 1. The van der Waals surface area contributed by atoms with Gasteiger partial charge in [-0.3, -0.25) is 43.2 Å². The summed E-state index contributed by atoms with van der Waals surface area (Å²) in [5.41, 5.74) is 8.86. The fourth-order valence-corrected chi connectivity index (χ4v) is 17.8. The summed E-state index contributed by atoms with van der Waals surface area (Å²) < 4.78 is 88.0. The number of fused-ring (bicyclic) bond motifs is 15. The molecule has 0 spiro atoms. The number of ether oxygens (including phenoxy) is 8. The Labute approximate surface area is 794 Å². The Morgan fingerprint density at radius 2 is 1.29 bits per heavy atom. The Hall–Kier alpha value is -11.9. The number of aromatic hydroxyl groups is 3. The summed E-state index contributed by atoms with van der Waals surface area (Å²) in [6.07, 6.45) is -33.4. The second kappa shape index (κ2) is 43.6. The topological polar surface area (TPSA) is 654 Å². The van der Waals surface area contributed by atoms with Crippen LogP contribution in [0.15, 0.2) is 127 Å². The molecule has 42 nitrogen and oxygen atoms in total. The Kier molecular flexibility index (Phi) is 32.7. The quantitative estimate of drug-likeness (QED) is 0.0374. The standard InChI is InChI=1S/C91H105Cl2F3N12O30/c1-37(2)22-52(99-5)81(124)107-70-71(116)42-14-17-57(51(93)27-42)133-59-29-44-28-58(77(59)136-89-76(121)74(119)78(62(36-111)135-89)137-88-75(120)73(118)72(117)61(134-88)35-100-34-39-8-6-10-45(23-39)101-80(123)43-9-7-11-47(24-43)138-91(94,95)96)132-56-16-13-40(26-50(56)92)64(60-33-90(4,98)79(122)38(3)131-60)69-85(128)105-68(87(130)108(18-20-109)19-21-110)49-30-46(112)31-55(114)65(49)48-25-41(12-15-54(48)113)66(83(126)106-69)104-84(127)67(44)103-82(125)53(32-63(97)115)102-86(70)129/h6-17,23-31,37-38,52-53,60-62,64,66-76,78-79,88-89,99-100,109-114,116-122H,18-22,32-36,98H2,1-5H3,(H2,97,115)(H,101,123)(H,102,129)(H,103,125)(H,104,127)(H,105,128)(H,106,126)(H,107,124)/t38-,52+,53?,60+,61+,62+,64-,66+,67+,68-,69-,70?,71+,72-,73-,74+,75+,76+,78+,79-,88-,89-,90-/m0/s1. The molecule has 0 aliphatic carbocycles. The maximum atomic E-state index is 16.6. The fourth-order valence-electron chi connectivity index (χ4n) is 17.3. The van der Waals surface area contributed by atoms with Crippen LogP contribution in [0.1, 0.15) is 121 Å². The van der Waals surface area contributed by atoms with E-state index >= 15 is 28.8 Å². The first-order valence-electron chi connectivity index (χ1n) is 43.6. The highest BCUT2D eigenvalue weighted by Gasteiger charge is 2.54. The predicted molar refractivity (Wildman–Crippen MR) is 476 cm³/mol. The van der Waals surface area contributed by atoms with E-state index < -0.39 is 334 Å². The van der Waals surface area contributed by atoms with Crippen molar-refractivity contribution in [3.8, 4) is 62.9 Å². The average Bonchev–Trinajstić information content (AvgIpc) is 0.753. The molecular weight excluding hydrogens is 1870 g/mol. The lowest BCUT2D eigenvalue weighted by Gasteiger charge is -2.47. The summed E-state index contributed by atoms with van der Waals surface area (Å²) in [5.74, 6) is -19.3. The first kappa shape index (κ1) is 103. The monoisotopic (exact) mass is 1970 g/mol. The lowest BCUT2D eigenvalue weighted by Crippen LogP contribution is -2.65. The SMILES string of the molecule is CN[C@H](CC(C)C)C(=O)NC1C(=O)NC(CC(N)=O)C(=O)N[C@H]2C(=O)N[C@H]3C(=O)N[C@H](C(=O)N[C@H](C(=O)N(CCO)CCO)c4cc(O)cc(O)c4-c4cc3ccc4O)[C@H]([C@H]3C[C@](C)(N)[C@@H](O)[C@H](C)O3)c3ccc(c(Cl)c3)Oc3cc2cc(c3O[C@@H]2O[C@H](CO)[C@@H](O[C@@H]3O[C@H](CNCc4cccc(NC(=O)c5cccc(OC(F)(F)F)c5)c4)[C@H](O)[C@H](O)[C@H]3O)[C@H](O)[C@H]2O)Oc2ccc(cc2Cl)[C@H]1O. The van der Waals surface area contributed by atoms with Crippen LogP contribution in [-0.2, 0) is 63.8 Å². The molecule has 23 atom stereocenters. The zero-order valence-electron chi connectivity index (χ0n) is 74.2. The van der Waals surface area contributed by atoms with Crippen molar-refractivity contribution in [3.05, 3.63) is 176 Å². The Bertz CT molecular complexity index is 5690. The number of phenols is 3. The molecule has 15 rings (SSSR count). The third kappa shape index (κ3) is 23.4. The summed E-state index contributed by atoms with van der Waals surface area (Å²) in [7, 11) is 1.45. The number of primary amides is 1. The van der Waals surface area contributed by atoms with Gasteiger partial charge in [-0.15, -0.1) is 13.2 Å². The molecule has 8 aliphatic heterocycles. The van der Waals surface area contributed by atoms with Crippen molar-refractivity contribution in [3.63, 3.8) is 0 Å². The highest BCUT2D eigenvalue weighted by Crippen LogP contribution is 2.51. The normalized spacial score (nSPS) is 28.1. The highest BCUT2D eigenvalue weighted by atomic mass is 35.5. The Morgan fingerprint density at radius 1 is 0.659 bits per heavy atom. The number of anilines is 1. The minimum Gasteiger partial charge on any atom is -0.508 e. The van der Waals surface area contributed by atoms with Crippen LogP contribution in [0.5, 0.6) is 51.7 Å². The maximum Gasteiger partial charge on any atom is 0.573 e. The number of carbonyl (C=O) groups is 9. The van der Waals surface area contributed by atoms with Gasteiger partial charge in [0.1, 0.15) is 126 Å². The van der Waals surface area contributed by atoms with E-state index in [0.29, 0.717) is 5.56 Å². The van der Waals surface area contributed by atoms with Gasteiger partial charge in [-0.25, -0.2) is 0 Å². The van der Waals surface area contributed by atoms with Gasteiger partial charge in [0, 0.05) is 66.1 Å². The smallest absolute Gasteiger partial charge is 0.508 e. The van der Waals surface area contributed by atoms with Crippen molar-refractivity contribution < 1.29 is 161 Å². The summed E-state index contributed by atoms with van der Waals surface area (Å²) in [6.45, 7) is 2.38. The second-order valence-corrected chi connectivity index (χ2v) is 35.5. The van der Waals surface area contributed by atoms with Gasteiger partial charge in [0.25, 0.3) is 5.91 Å². The van der Waals surface area contributed by atoms with Crippen molar-refractivity contribution in [1.82, 2.24) is 47.4 Å². The molecule has 7 aromatic rings. The molecule has 9 amide bonds. The number of likely N-dealkylation sites (N-methyl/N-ethyl adjacent to an activating group) is 1. The number of benzene rings is 7. The maximum absolute atomic E-state index is 16.6. The first-order valence-corrected chi connectivity index (χ1v) is 44.3. The van der Waals surface area contributed by atoms with Gasteiger partial charge in [-0.2, -0.15) is 0 Å². The molecule has 26 N–H and O–H groups in total. The number of nitrogens with two attached hydrogens (primary N) is 2. The molecule has 47 heteroatoms. The number of carbonyl (C=O) groups excluding carboxylic acids is 9. The number of aliphatic hydroxyl groups excluding tert-OH is 10. The molecule has 11 bridgehead atoms. The number of halogens is 5. The number of amides is 9. The van der Waals surface area contributed by atoms with Crippen molar-refractivity contribution in [2.45, 2.75) is 199 Å². The van der Waals surface area contributed by atoms with Gasteiger partial charge in [0.2, 0.25) is 59.3 Å². The number of nitrogens with one attached hydrogen (secondary N) is 9. The summed E-state index contributed by atoms with van der Waals surface area (Å²) in [6, 6.07) is 9.77. The lowest BCUT2D eigenvalue weighted by atomic mass is 9.75. The first-order chi connectivity index (χ1) is 65.4. The largest absolute Gasteiger partial charge is 0.573 e. The van der Waals surface area contributed by atoms with Crippen LogP contribution in [0.25, 0.3) is 11.1 Å². The average molecular weight is 1970 g/mol. The van der Waals surface area contributed by atoms with Crippen LogP contribution < -0.4 is 78.3 Å². The van der Waals surface area contributed by atoms with E-state index in [1.807, 2.05) is 0 Å². The van der Waals surface area contributed by atoms with E-state index in [9.17, 15) is 93.9 Å². The van der Waals surface area contributed by atoms with Crippen LogP contribution in [0, 0.1) is 5.92 Å². The molecule has 8 heterocycles. The predicted octanol–water partition coefficient (Wildman–Crippen LogP) is 0.676. The Balaban J connectivity index is 0.946. The molecule has 0 aromatic heterocycles. The molecule has 0 radical (unpaired) electrons. The minimum atomic E-state index is -5.04. The second-order valence-electron chi connectivity index (χ2n) is 34.7. The highest BCUT2D eigenvalue weighted by molar-refractivity contribution is 6.32. The van der Waals surface area contributed by atoms with Gasteiger partial charge in [-0.05, 0) is 158 Å². The summed E-state index contributed by atoms with van der Waals surface area (Å²) in [4.78, 5) is 138. The third-order valence-electron chi connectivity index (χ3n) is 24.2. The van der Waals surface area contributed by atoms with Crippen LogP contribution >= 0.6 is 23.2 Å². The number of phenolic OH excluding ortho intramolecular Hbond substituents is 3. The molecule has 744 valence electrons. The number of alkyl halides is 3. The van der Waals surface area contributed by atoms with E-state index in [1.54, 1.807) is 19.9 Å². The van der Waals surface area contributed by atoms with Crippen molar-refractivity contribution in [2.75, 3.05) is 51.8 Å². The third-order valence-corrected chi connectivity index (χ3v) is 24.8. The molecule has 138 heavy (non-hydrogen) atoms. The van der Waals surface area contributed by atoms with Crippen molar-refractivity contribution in [1.29, 1.82) is 0 Å². The molecule has 8 aliphatic rings. The number of aliphatic hydroxyl groups is 10. The zero-order valence-corrected chi connectivity index (χ0v) is 75.7. The van der Waals surface area contributed by atoms with E-state index in [-0.39, 0.29) is 47.8 Å². The van der Waals surface area contributed by atoms with Crippen molar-refractivity contribution in [2.24, 2.45) is 17.4 Å². The van der Waals surface area contributed by atoms with Gasteiger partial charge in [0.15, 0.2) is 17.8 Å². The van der Waals surface area contributed by atoms with Gasteiger partial charge >= 0.3 is 6.36 Å².